The van der Waals surface area contributed by atoms with E-state index in [1.165, 1.54) is 0 Å². The standard InChI is InChI=1S/C19H22N2O3/c22-14-15-10-12-21(13-11-15)18-8-6-16(7-9-18)19(23)24-20-17-4-2-1-3-5-17/h1-9,15,20,22H,10-14H2. The fraction of sp³-hybridized carbons (Fsp3) is 0.316. The molecule has 3 rings (SSSR count). The second-order valence-corrected chi connectivity index (χ2v) is 6.02. The van der Waals surface area contributed by atoms with E-state index in [0.29, 0.717) is 11.5 Å². The molecule has 126 valence electrons. The minimum Gasteiger partial charge on any atom is -0.396 e. The van der Waals surface area contributed by atoms with Gasteiger partial charge in [-0.25, -0.2) is 10.3 Å². The molecule has 0 unspecified atom stereocenters. The molecule has 0 spiro atoms. The summed E-state index contributed by atoms with van der Waals surface area (Å²) in [5, 5.41) is 9.20. The van der Waals surface area contributed by atoms with Gasteiger partial charge >= 0.3 is 5.97 Å². The molecule has 2 aromatic rings. The molecule has 0 aromatic heterocycles. The zero-order chi connectivity index (χ0) is 16.8. The molecular weight excluding hydrogens is 304 g/mol. The van der Waals surface area contributed by atoms with Crippen LogP contribution in [0.3, 0.4) is 0 Å². The Morgan fingerprint density at radius 1 is 1.08 bits per heavy atom. The van der Waals surface area contributed by atoms with Crippen LogP contribution in [0.25, 0.3) is 0 Å². The van der Waals surface area contributed by atoms with Crippen LogP contribution in [0.5, 0.6) is 0 Å². The monoisotopic (exact) mass is 326 g/mol. The van der Waals surface area contributed by atoms with Crippen molar-refractivity contribution in [1.29, 1.82) is 0 Å². The van der Waals surface area contributed by atoms with Crippen LogP contribution in [0.2, 0.25) is 0 Å². The molecule has 1 saturated heterocycles. The third kappa shape index (κ3) is 4.06. The lowest BCUT2D eigenvalue weighted by Crippen LogP contribution is -2.34. The lowest BCUT2D eigenvalue weighted by molar-refractivity contribution is 0.0596. The van der Waals surface area contributed by atoms with E-state index in [1.807, 2.05) is 42.5 Å². The molecule has 1 aliphatic heterocycles. The Hall–Kier alpha value is -2.53. The number of aliphatic hydroxyl groups excluding tert-OH is 1. The van der Waals surface area contributed by atoms with Gasteiger partial charge in [0.1, 0.15) is 0 Å². The molecule has 0 atom stereocenters. The summed E-state index contributed by atoms with van der Waals surface area (Å²) in [7, 11) is 0. The number of nitrogens with zero attached hydrogens (tertiary/aromatic N) is 1. The lowest BCUT2D eigenvalue weighted by atomic mass is 9.97. The Morgan fingerprint density at radius 3 is 2.38 bits per heavy atom. The van der Waals surface area contributed by atoms with Gasteiger partial charge in [0.15, 0.2) is 0 Å². The van der Waals surface area contributed by atoms with Crippen molar-refractivity contribution in [3.05, 3.63) is 60.2 Å². The van der Waals surface area contributed by atoms with Gasteiger partial charge in [0.05, 0.1) is 11.3 Å². The van der Waals surface area contributed by atoms with Gasteiger partial charge in [-0.3, -0.25) is 0 Å². The third-order valence-electron chi connectivity index (χ3n) is 4.38. The van der Waals surface area contributed by atoms with Gasteiger partial charge in [-0.1, -0.05) is 18.2 Å². The molecule has 0 saturated carbocycles. The van der Waals surface area contributed by atoms with Gasteiger partial charge in [-0.15, -0.1) is 0 Å². The first-order valence-electron chi connectivity index (χ1n) is 8.24. The molecule has 0 bridgehead atoms. The average Bonchev–Trinajstić information content (AvgIpc) is 2.67. The second-order valence-electron chi connectivity index (χ2n) is 6.02. The highest BCUT2D eigenvalue weighted by molar-refractivity contribution is 5.90. The van der Waals surface area contributed by atoms with Gasteiger partial charge < -0.3 is 14.8 Å². The lowest BCUT2D eigenvalue weighted by Gasteiger charge is -2.32. The number of carbonyl (C=O) groups excluding carboxylic acids is 1. The van der Waals surface area contributed by atoms with Gasteiger partial charge in [0, 0.05) is 25.4 Å². The van der Waals surface area contributed by atoms with Gasteiger partial charge in [0.25, 0.3) is 0 Å². The van der Waals surface area contributed by atoms with E-state index in [1.54, 1.807) is 12.1 Å². The fourth-order valence-corrected chi connectivity index (χ4v) is 2.85. The summed E-state index contributed by atoms with van der Waals surface area (Å²) in [6, 6.07) is 16.7. The van der Waals surface area contributed by atoms with Crippen LogP contribution in [-0.4, -0.2) is 30.8 Å². The summed E-state index contributed by atoms with van der Waals surface area (Å²) >= 11 is 0. The average molecular weight is 326 g/mol. The normalized spacial score (nSPS) is 15.1. The van der Waals surface area contributed by atoms with Crippen LogP contribution in [0, 0.1) is 5.92 Å². The Labute approximate surface area is 141 Å². The van der Waals surface area contributed by atoms with Crippen molar-refractivity contribution < 1.29 is 14.7 Å². The number of benzene rings is 2. The summed E-state index contributed by atoms with van der Waals surface area (Å²) in [5.74, 6) is 0.00366. The van der Waals surface area contributed by atoms with Crippen LogP contribution in [-0.2, 0) is 4.84 Å². The molecule has 1 aliphatic rings. The maximum atomic E-state index is 12.1. The molecule has 0 radical (unpaired) electrons. The van der Waals surface area contributed by atoms with E-state index in [2.05, 4.69) is 10.4 Å². The van der Waals surface area contributed by atoms with Crippen LogP contribution < -0.4 is 10.4 Å². The topological polar surface area (TPSA) is 61.8 Å². The maximum absolute atomic E-state index is 12.1. The summed E-state index contributed by atoms with van der Waals surface area (Å²) in [6.45, 7) is 2.14. The molecular formula is C19H22N2O3. The smallest absolute Gasteiger partial charge is 0.362 e. The number of rotatable bonds is 5. The summed E-state index contributed by atoms with van der Waals surface area (Å²) in [4.78, 5) is 19.4. The van der Waals surface area contributed by atoms with Gasteiger partial charge in [0.2, 0.25) is 0 Å². The molecule has 1 heterocycles. The zero-order valence-electron chi connectivity index (χ0n) is 13.5. The number of aliphatic hydroxyl groups is 1. The largest absolute Gasteiger partial charge is 0.396 e. The van der Waals surface area contributed by atoms with E-state index in [9.17, 15) is 9.90 Å². The third-order valence-corrected chi connectivity index (χ3v) is 4.38. The number of piperidine rings is 1. The minimum atomic E-state index is -0.413. The highest BCUT2D eigenvalue weighted by Crippen LogP contribution is 2.23. The molecule has 2 aromatic carbocycles. The van der Waals surface area contributed by atoms with Crippen molar-refractivity contribution in [2.45, 2.75) is 12.8 Å². The molecule has 0 aliphatic carbocycles. The van der Waals surface area contributed by atoms with E-state index in [-0.39, 0.29) is 6.61 Å². The second kappa shape index (κ2) is 7.84. The van der Waals surface area contributed by atoms with Crippen molar-refractivity contribution in [3.8, 4) is 0 Å². The molecule has 2 N–H and O–H groups in total. The van der Waals surface area contributed by atoms with Crippen LogP contribution in [0.15, 0.2) is 54.6 Å². The van der Waals surface area contributed by atoms with Crippen LogP contribution in [0.4, 0.5) is 11.4 Å². The van der Waals surface area contributed by atoms with Crippen molar-refractivity contribution in [2.75, 3.05) is 30.1 Å². The van der Waals surface area contributed by atoms with E-state index in [4.69, 9.17) is 4.84 Å². The highest BCUT2D eigenvalue weighted by Gasteiger charge is 2.19. The predicted molar refractivity (Wildman–Crippen MR) is 93.9 cm³/mol. The first-order chi connectivity index (χ1) is 11.8. The molecule has 5 heteroatoms. The molecule has 0 amide bonds. The number of para-hydroxylation sites is 1. The number of hydrogen-bond donors (Lipinski definition) is 2. The Kier molecular flexibility index (Phi) is 5.33. The summed E-state index contributed by atoms with van der Waals surface area (Å²) in [6.07, 6.45) is 2.00. The van der Waals surface area contributed by atoms with Gasteiger partial charge in [-0.05, 0) is 55.2 Å². The van der Waals surface area contributed by atoms with Crippen molar-refractivity contribution >= 4 is 17.3 Å². The van der Waals surface area contributed by atoms with Gasteiger partial charge in [-0.2, -0.15) is 0 Å². The summed E-state index contributed by atoms with van der Waals surface area (Å²) in [5.41, 5.74) is 4.98. The quantitative estimate of drug-likeness (QED) is 0.827. The SMILES string of the molecule is O=C(ONc1ccccc1)c1ccc(N2CCC(CO)CC2)cc1. The Morgan fingerprint density at radius 2 is 1.75 bits per heavy atom. The zero-order valence-corrected chi connectivity index (χ0v) is 13.5. The molecule has 1 fully saturated rings. The number of hydrogen-bond acceptors (Lipinski definition) is 5. The van der Waals surface area contributed by atoms with Crippen molar-refractivity contribution in [1.82, 2.24) is 0 Å². The van der Waals surface area contributed by atoms with E-state index < -0.39 is 5.97 Å². The first-order valence-corrected chi connectivity index (χ1v) is 8.24. The summed E-state index contributed by atoms with van der Waals surface area (Å²) < 4.78 is 0. The number of anilines is 2. The Bertz CT molecular complexity index is 650. The van der Waals surface area contributed by atoms with Crippen molar-refractivity contribution in [2.24, 2.45) is 5.92 Å². The number of nitrogens with one attached hydrogen (secondary N) is 1. The van der Waals surface area contributed by atoms with Crippen molar-refractivity contribution in [3.63, 3.8) is 0 Å². The first kappa shape index (κ1) is 16.3. The Balaban J connectivity index is 1.55. The number of carbonyl (C=O) groups is 1. The highest BCUT2D eigenvalue weighted by atomic mass is 16.7. The molecule has 24 heavy (non-hydrogen) atoms. The van der Waals surface area contributed by atoms with Crippen LogP contribution >= 0.6 is 0 Å². The predicted octanol–water partition coefficient (Wildman–Crippen LogP) is 3.08. The van der Waals surface area contributed by atoms with Crippen LogP contribution in [0.1, 0.15) is 23.2 Å². The maximum Gasteiger partial charge on any atom is 0.362 e. The van der Waals surface area contributed by atoms with E-state index in [0.717, 1.165) is 37.3 Å². The fourth-order valence-electron chi connectivity index (χ4n) is 2.85. The molecule has 5 nitrogen and oxygen atoms in total. The minimum absolute atomic E-state index is 0.271. The van der Waals surface area contributed by atoms with E-state index >= 15 is 0 Å².